The van der Waals surface area contributed by atoms with Gasteiger partial charge in [-0.15, -0.1) is 0 Å². The summed E-state index contributed by atoms with van der Waals surface area (Å²) < 4.78 is 0. The molecule has 8 bridgehead atoms. The van der Waals surface area contributed by atoms with E-state index >= 15 is 0 Å². The van der Waals surface area contributed by atoms with E-state index in [1.54, 1.807) is 12.2 Å². The highest BCUT2D eigenvalue weighted by Gasteiger charge is 2.18. The van der Waals surface area contributed by atoms with Crippen LogP contribution in [0.15, 0.2) is 110 Å². The lowest BCUT2D eigenvalue weighted by Gasteiger charge is -2.00. The minimum atomic E-state index is -0.0654. The summed E-state index contributed by atoms with van der Waals surface area (Å²) in [7, 11) is 0. The van der Waals surface area contributed by atoms with Crippen molar-refractivity contribution in [2.45, 2.75) is 0 Å². The molecule has 0 aliphatic carbocycles. The van der Waals surface area contributed by atoms with Crippen molar-refractivity contribution in [3.05, 3.63) is 95.3 Å². The summed E-state index contributed by atoms with van der Waals surface area (Å²) >= 11 is 0. The number of aliphatic imine (C=N–C) groups is 3. The van der Waals surface area contributed by atoms with Gasteiger partial charge < -0.3 is 5.32 Å². The van der Waals surface area contributed by atoms with Crippen LogP contribution < -0.4 is 5.32 Å². The summed E-state index contributed by atoms with van der Waals surface area (Å²) in [5.74, 6) is -0.0654. The molecule has 5 heteroatoms. The van der Waals surface area contributed by atoms with E-state index < -0.39 is 0 Å². The van der Waals surface area contributed by atoms with Crippen LogP contribution in [0.5, 0.6) is 0 Å². The Morgan fingerprint density at radius 3 is 1.72 bits per heavy atom. The summed E-state index contributed by atoms with van der Waals surface area (Å²) in [6.45, 7) is 0. The highest BCUT2D eigenvalue weighted by molar-refractivity contribution is 6.16. The van der Waals surface area contributed by atoms with Gasteiger partial charge in [0.25, 0.3) is 0 Å². The van der Waals surface area contributed by atoms with Crippen molar-refractivity contribution in [2.75, 3.05) is 0 Å². The maximum absolute atomic E-state index is 12.2. The van der Waals surface area contributed by atoms with Crippen molar-refractivity contribution in [1.82, 2.24) is 5.32 Å². The Labute approximate surface area is 144 Å². The van der Waals surface area contributed by atoms with E-state index in [1.165, 1.54) is 0 Å². The molecule has 118 valence electrons. The van der Waals surface area contributed by atoms with E-state index in [1.807, 2.05) is 54.7 Å². The van der Waals surface area contributed by atoms with Crippen molar-refractivity contribution >= 4 is 22.9 Å². The van der Waals surface area contributed by atoms with E-state index in [9.17, 15) is 4.79 Å². The van der Waals surface area contributed by atoms with Crippen LogP contribution in [0, 0.1) is 0 Å². The minimum absolute atomic E-state index is 0.0654. The molecule has 5 aliphatic rings. The van der Waals surface area contributed by atoms with E-state index in [0.717, 1.165) is 39.9 Å². The number of rotatable bonds is 0. The second-order valence-electron chi connectivity index (χ2n) is 5.96. The van der Waals surface area contributed by atoms with Gasteiger partial charge in [-0.1, -0.05) is 0 Å². The topological polar surface area (TPSA) is 66.2 Å². The predicted octanol–water partition coefficient (Wildman–Crippen LogP) is 2.62. The van der Waals surface area contributed by atoms with Gasteiger partial charge in [0.05, 0.1) is 39.9 Å². The molecule has 0 saturated carbocycles. The normalized spacial score (nSPS) is 22.6. The van der Waals surface area contributed by atoms with Crippen LogP contribution in [0.3, 0.4) is 0 Å². The smallest absolute Gasteiger partial charge is 0.204 e. The Bertz CT molecular complexity index is 1060. The highest BCUT2D eigenvalue weighted by Crippen LogP contribution is 2.20. The van der Waals surface area contributed by atoms with E-state index in [2.05, 4.69) is 20.3 Å². The molecule has 0 aromatic carbocycles. The number of hydrogen-bond acceptors (Lipinski definition) is 5. The molecule has 0 fully saturated rings. The number of nitrogens with one attached hydrogen (secondary N) is 1. The summed E-state index contributed by atoms with van der Waals surface area (Å²) in [5, 5.41) is 3.13. The van der Waals surface area contributed by atoms with Gasteiger partial charge in [0.2, 0.25) is 5.78 Å². The van der Waals surface area contributed by atoms with Crippen LogP contribution in [-0.2, 0) is 4.79 Å². The van der Waals surface area contributed by atoms with E-state index in [-0.39, 0.29) is 5.78 Å². The first-order valence-electron chi connectivity index (χ1n) is 7.91. The molecule has 0 radical (unpaired) electrons. The minimum Gasteiger partial charge on any atom is -0.352 e. The van der Waals surface area contributed by atoms with E-state index in [4.69, 9.17) is 0 Å². The average molecular weight is 324 g/mol. The van der Waals surface area contributed by atoms with Gasteiger partial charge in [-0.25, -0.2) is 15.0 Å². The zero-order valence-electron chi connectivity index (χ0n) is 13.1. The molecule has 0 atom stereocenters. The van der Waals surface area contributed by atoms with Crippen LogP contribution in [0.2, 0.25) is 0 Å². The zero-order chi connectivity index (χ0) is 16.8. The average Bonchev–Trinajstić information content (AvgIpc) is 3.33. The molecule has 0 spiro atoms. The van der Waals surface area contributed by atoms with Gasteiger partial charge in [0, 0.05) is 11.8 Å². The maximum atomic E-state index is 12.2. The number of carbonyl (C=O) groups is 1. The number of fused-ring (bicyclic) bond motifs is 5. The van der Waals surface area contributed by atoms with Crippen LogP contribution in [0.1, 0.15) is 0 Å². The molecule has 5 aliphatic heterocycles. The fraction of sp³-hybridized carbons (Fsp3) is 0. The lowest BCUT2D eigenvalue weighted by atomic mass is 10.2. The van der Waals surface area contributed by atoms with Crippen molar-refractivity contribution in [3.8, 4) is 0 Å². The summed E-state index contributed by atoms with van der Waals surface area (Å²) in [4.78, 5) is 25.8. The first kappa shape index (κ1) is 13.8. The number of carbonyl (C=O) groups excluding carboxylic acids is 1. The molecule has 0 aromatic heterocycles. The first-order chi connectivity index (χ1) is 12.2. The largest absolute Gasteiger partial charge is 0.352 e. The van der Waals surface area contributed by atoms with Gasteiger partial charge in [-0.2, -0.15) is 0 Å². The van der Waals surface area contributed by atoms with Gasteiger partial charge >= 0.3 is 0 Å². The van der Waals surface area contributed by atoms with Gasteiger partial charge in [-0.3, -0.25) is 4.79 Å². The second-order valence-corrected chi connectivity index (χ2v) is 5.96. The molecule has 0 saturated heterocycles. The fourth-order valence-electron chi connectivity index (χ4n) is 2.93. The van der Waals surface area contributed by atoms with Crippen LogP contribution >= 0.6 is 0 Å². The van der Waals surface area contributed by atoms with Crippen molar-refractivity contribution in [3.63, 3.8) is 0 Å². The quantitative estimate of drug-likeness (QED) is 0.744. The van der Waals surface area contributed by atoms with Crippen LogP contribution in [0.4, 0.5) is 0 Å². The number of nitrogens with zero attached hydrogens (tertiary/aromatic N) is 3. The lowest BCUT2D eigenvalue weighted by Crippen LogP contribution is -2.10. The third kappa shape index (κ3) is 2.61. The Hall–Kier alpha value is -3.60. The molecular formula is C20H12N4O. The van der Waals surface area contributed by atoms with Crippen molar-refractivity contribution in [1.29, 1.82) is 0 Å². The molecule has 0 aromatic rings. The monoisotopic (exact) mass is 324 g/mol. The van der Waals surface area contributed by atoms with E-state index in [0.29, 0.717) is 5.70 Å². The third-order valence-electron chi connectivity index (χ3n) is 4.07. The standard InChI is InChI=1S/C20H12N4O/c25-20-11-18-9-16-4-3-14(22-16)7-12-1-2-13(21-12)8-15-5-6-17(23-15)10-19(20)24-18/h1-11,24H. The Morgan fingerprint density at radius 1 is 0.600 bits per heavy atom. The highest BCUT2D eigenvalue weighted by atomic mass is 16.1. The second kappa shape index (κ2) is 5.21. The predicted molar refractivity (Wildman–Crippen MR) is 98.3 cm³/mol. The Kier molecular flexibility index (Phi) is 2.87. The maximum Gasteiger partial charge on any atom is 0.204 e. The molecule has 0 amide bonds. The molecule has 1 N–H and O–H groups in total. The summed E-state index contributed by atoms with van der Waals surface area (Å²) in [6.07, 6.45) is 20.6. The fourth-order valence-corrected chi connectivity index (χ4v) is 2.93. The van der Waals surface area contributed by atoms with Crippen LogP contribution in [0.25, 0.3) is 0 Å². The van der Waals surface area contributed by atoms with Gasteiger partial charge in [-0.05, 0) is 60.8 Å². The number of hydrogen-bond donors (Lipinski definition) is 1. The molecular weight excluding hydrogens is 312 g/mol. The van der Waals surface area contributed by atoms with Gasteiger partial charge in [0.1, 0.15) is 0 Å². The summed E-state index contributed by atoms with van der Waals surface area (Å²) in [5.41, 5.74) is 6.09. The summed E-state index contributed by atoms with van der Waals surface area (Å²) in [6, 6.07) is 0. The molecule has 5 rings (SSSR count). The molecule has 5 nitrogen and oxygen atoms in total. The number of ketones is 1. The zero-order valence-corrected chi connectivity index (χ0v) is 13.1. The Balaban J connectivity index is 1.64. The molecule has 25 heavy (non-hydrogen) atoms. The van der Waals surface area contributed by atoms with Crippen LogP contribution in [-0.4, -0.2) is 22.9 Å². The Morgan fingerprint density at radius 2 is 1.12 bits per heavy atom. The number of allylic oxidation sites excluding steroid dienone is 11. The molecule has 0 unspecified atom stereocenters. The van der Waals surface area contributed by atoms with Crippen molar-refractivity contribution < 1.29 is 4.79 Å². The van der Waals surface area contributed by atoms with Crippen molar-refractivity contribution in [2.24, 2.45) is 15.0 Å². The third-order valence-corrected chi connectivity index (χ3v) is 4.07. The van der Waals surface area contributed by atoms with Gasteiger partial charge in [0.15, 0.2) is 0 Å². The SMILES string of the molecule is O=C1C=C2C=C3C=CC(=N3)C=C3C=CC(=N3)C=C3C=CC(=N3)C=C1N2. The molecule has 5 heterocycles. The first-order valence-corrected chi connectivity index (χ1v) is 7.91. The lowest BCUT2D eigenvalue weighted by molar-refractivity contribution is -0.111.